The SMILES string of the molecule is COC=C1C=CC(=[NH2+])C=C1. The van der Waals surface area contributed by atoms with E-state index in [1.54, 1.807) is 13.4 Å². The summed E-state index contributed by atoms with van der Waals surface area (Å²) in [5, 5.41) is 5.47. The molecule has 0 heterocycles. The smallest absolute Gasteiger partial charge is 0.196 e. The number of nitrogens with two attached hydrogens (primary N) is 1. The standard InChI is InChI=1S/C8H9NO/c1-10-6-7-2-4-8(9)5-3-7/h2-6,9H,1H3/p+1. The maximum atomic E-state index is 5.47. The lowest BCUT2D eigenvalue weighted by molar-refractivity contribution is -0.110. The van der Waals surface area contributed by atoms with E-state index in [9.17, 15) is 0 Å². The van der Waals surface area contributed by atoms with Crippen LogP contribution in [0.25, 0.3) is 0 Å². The van der Waals surface area contributed by atoms with Crippen LogP contribution in [0, 0.1) is 0 Å². The predicted octanol–water partition coefficient (Wildman–Crippen LogP) is -0.157. The zero-order valence-corrected chi connectivity index (χ0v) is 5.87. The van der Waals surface area contributed by atoms with Crippen LogP contribution in [0.15, 0.2) is 36.1 Å². The van der Waals surface area contributed by atoms with Gasteiger partial charge in [0.05, 0.1) is 13.4 Å². The number of ether oxygens (including phenoxy) is 1. The van der Waals surface area contributed by atoms with Crippen molar-refractivity contribution >= 4 is 5.71 Å². The van der Waals surface area contributed by atoms with E-state index in [2.05, 4.69) is 0 Å². The van der Waals surface area contributed by atoms with Crippen molar-refractivity contribution in [1.82, 2.24) is 0 Å². The fourth-order valence-electron chi connectivity index (χ4n) is 0.711. The molecule has 1 rings (SSSR count). The average Bonchev–Trinajstić information content (AvgIpc) is 1.95. The van der Waals surface area contributed by atoms with Crippen LogP contribution in [0.5, 0.6) is 0 Å². The van der Waals surface area contributed by atoms with Crippen LogP contribution >= 0.6 is 0 Å². The number of hydrogen-bond acceptors (Lipinski definition) is 1. The van der Waals surface area contributed by atoms with Gasteiger partial charge in [-0.2, -0.15) is 0 Å². The summed E-state index contributed by atoms with van der Waals surface area (Å²) < 4.78 is 4.80. The molecule has 0 spiro atoms. The molecule has 0 aromatic rings. The molecule has 0 bridgehead atoms. The summed E-state index contributed by atoms with van der Waals surface area (Å²) in [6, 6.07) is 0. The molecular formula is C8H10NO+. The Hall–Kier alpha value is -1.31. The van der Waals surface area contributed by atoms with Crippen molar-refractivity contribution in [3.05, 3.63) is 36.1 Å². The Kier molecular flexibility index (Phi) is 2.05. The largest absolute Gasteiger partial charge is 0.504 e. The van der Waals surface area contributed by atoms with Crippen LogP contribution in [0.3, 0.4) is 0 Å². The average molecular weight is 136 g/mol. The first kappa shape index (κ1) is 6.81. The topological polar surface area (TPSA) is 34.8 Å². The van der Waals surface area contributed by atoms with Gasteiger partial charge < -0.3 is 4.74 Å². The quantitative estimate of drug-likeness (QED) is 0.499. The maximum Gasteiger partial charge on any atom is 0.196 e. The number of hydrogen-bond donors (Lipinski definition) is 1. The van der Waals surface area contributed by atoms with Gasteiger partial charge >= 0.3 is 0 Å². The van der Waals surface area contributed by atoms with E-state index in [1.165, 1.54) is 0 Å². The second-order valence-corrected chi connectivity index (χ2v) is 2.02. The molecule has 1 aliphatic rings. The lowest BCUT2D eigenvalue weighted by Gasteiger charge is -1.96. The Labute approximate surface area is 60.0 Å². The fourth-order valence-corrected chi connectivity index (χ4v) is 0.711. The summed E-state index contributed by atoms with van der Waals surface area (Å²) >= 11 is 0. The summed E-state index contributed by atoms with van der Waals surface area (Å²) in [5.41, 5.74) is 1.80. The fraction of sp³-hybridized carbons (Fsp3) is 0.125. The molecule has 0 atom stereocenters. The molecule has 0 radical (unpaired) electrons. The summed E-state index contributed by atoms with van der Waals surface area (Å²) in [6.07, 6.45) is 9.15. The third-order valence-corrected chi connectivity index (χ3v) is 1.19. The van der Waals surface area contributed by atoms with Crippen molar-refractivity contribution in [2.24, 2.45) is 0 Å². The van der Waals surface area contributed by atoms with Gasteiger partial charge in [-0.3, -0.25) is 5.41 Å². The van der Waals surface area contributed by atoms with E-state index in [0.29, 0.717) is 0 Å². The number of allylic oxidation sites excluding steroid dienone is 5. The van der Waals surface area contributed by atoms with Crippen LogP contribution in [0.2, 0.25) is 0 Å². The summed E-state index contributed by atoms with van der Waals surface area (Å²) in [4.78, 5) is 0. The van der Waals surface area contributed by atoms with E-state index in [1.807, 2.05) is 24.3 Å². The zero-order valence-electron chi connectivity index (χ0n) is 5.87. The molecule has 2 heteroatoms. The van der Waals surface area contributed by atoms with Gasteiger partial charge in [0.15, 0.2) is 5.71 Å². The van der Waals surface area contributed by atoms with Gasteiger partial charge in [0.1, 0.15) is 0 Å². The Bertz CT molecular complexity index is 205. The molecule has 0 fully saturated rings. The van der Waals surface area contributed by atoms with Crippen LogP contribution in [0.4, 0.5) is 0 Å². The van der Waals surface area contributed by atoms with Crippen molar-refractivity contribution in [3.63, 3.8) is 0 Å². The number of rotatable bonds is 1. The van der Waals surface area contributed by atoms with Crippen molar-refractivity contribution < 1.29 is 10.1 Å². The molecule has 0 aliphatic heterocycles. The minimum absolute atomic E-state index is 0.772. The molecular weight excluding hydrogens is 126 g/mol. The molecule has 0 aromatic heterocycles. The van der Waals surface area contributed by atoms with Gasteiger partial charge in [0, 0.05) is 17.7 Å². The molecule has 0 unspecified atom stereocenters. The highest BCUT2D eigenvalue weighted by atomic mass is 16.5. The van der Waals surface area contributed by atoms with E-state index in [4.69, 9.17) is 10.1 Å². The van der Waals surface area contributed by atoms with Crippen LogP contribution in [0.1, 0.15) is 0 Å². The Morgan fingerprint density at radius 1 is 1.30 bits per heavy atom. The highest BCUT2D eigenvalue weighted by Gasteiger charge is 1.97. The van der Waals surface area contributed by atoms with E-state index in [-0.39, 0.29) is 0 Å². The first-order valence-electron chi connectivity index (χ1n) is 3.04. The lowest BCUT2D eigenvalue weighted by Crippen LogP contribution is -2.37. The van der Waals surface area contributed by atoms with Gasteiger partial charge in [-0.05, 0) is 12.2 Å². The molecule has 2 nitrogen and oxygen atoms in total. The monoisotopic (exact) mass is 136 g/mol. The Balaban J connectivity index is 2.71. The summed E-state index contributed by atoms with van der Waals surface area (Å²) in [6.45, 7) is 0. The second-order valence-electron chi connectivity index (χ2n) is 2.02. The van der Waals surface area contributed by atoms with E-state index >= 15 is 0 Å². The van der Waals surface area contributed by atoms with Crippen molar-refractivity contribution in [2.45, 2.75) is 0 Å². The van der Waals surface area contributed by atoms with E-state index < -0.39 is 0 Å². The van der Waals surface area contributed by atoms with Crippen molar-refractivity contribution in [1.29, 1.82) is 0 Å². The van der Waals surface area contributed by atoms with Gasteiger partial charge in [-0.15, -0.1) is 0 Å². The van der Waals surface area contributed by atoms with Gasteiger partial charge in [0.2, 0.25) is 0 Å². The number of methoxy groups -OCH3 is 1. The first-order valence-corrected chi connectivity index (χ1v) is 3.04. The first-order chi connectivity index (χ1) is 4.83. The lowest BCUT2D eigenvalue weighted by atomic mass is 10.1. The van der Waals surface area contributed by atoms with Crippen LogP contribution in [-0.2, 0) is 4.74 Å². The minimum atomic E-state index is 0.772. The van der Waals surface area contributed by atoms with Crippen LogP contribution < -0.4 is 5.41 Å². The predicted molar refractivity (Wildman–Crippen MR) is 40.3 cm³/mol. The third-order valence-electron chi connectivity index (χ3n) is 1.19. The minimum Gasteiger partial charge on any atom is -0.504 e. The second kappa shape index (κ2) is 3.01. The molecule has 2 N–H and O–H groups in total. The van der Waals surface area contributed by atoms with Crippen LogP contribution in [-0.4, -0.2) is 12.8 Å². The maximum absolute atomic E-state index is 5.47. The highest BCUT2D eigenvalue weighted by Crippen LogP contribution is 2.03. The molecule has 0 amide bonds. The zero-order chi connectivity index (χ0) is 7.40. The Morgan fingerprint density at radius 3 is 2.40 bits per heavy atom. The highest BCUT2D eigenvalue weighted by molar-refractivity contribution is 6.01. The summed E-state index contributed by atoms with van der Waals surface area (Å²) in [5.74, 6) is 0. The van der Waals surface area contributed by atoms with Gasteiger partial charge in [0.25, 0.3) is 0 Å². The molecule has 52 valence electrons. The van der Waals surface area contributed by atoms with Gasteiger partial charge in [-0.1, -0.05) is 0 Å². The van der Waals surface area contributed by atoms with Crippen molar-refractivity contribution in [2.75, 3.05) is 7.11 Å². The molecule has 0 saturated heterocycles. The summed E-state index contributed by atoms with van der Waals surface area (Å²) in [7, 11) is 1.62. The van der Waals surface area contributed by atoms with E-state index in [0.717, 1.165) is 11.3 Å². The Morgan fingerprint density at radius 2 is 1.90 bits per heavy atom. The molecule has 1 aliphatic carbocycles. The third kappa shape index (κ3) is 1.58. The molecule has 10 heavy (non-hydrogen) atoms. The normalized spacial score (nSPS) is 15.7. The molecule has 0 aromatic carbocycles. The van der Waals surface area contributed by atoms with Gasteiger partial charge in [-0.25, -0.2) is 0 Å². The molecule has 0 saturated carbocycles. The van der Waals surface area contributed by atoms with Crippen molar-refractivity contribution in [3.8, 4) is 0 Å².